The fraction of sp³-hybridized carbons (Fsp3) is 0.450. The molecule has 0 radical (unpaired) electrons. The summed E-state index contributed by atoms with van der Waals surface area (Å²) in [5.74, 6) is -1.93. The van der Waals surface area contributed by atoms with Gasteiger partial charge >= 0.3 is 11.9 Å². The normalized spacial score (nSPS) is 15.9. The Kier molecular flexibility index (Phi) is 6.74. The Morgan fingerprint density at radius 3 is 2.66 bits per heavy atom. The molecule has 1 aliphatic rings. The predicted molar refractivity (Wildman–Crippen MR) is 108 cm³/mol. The fourth-order valence-corrected chi connectivity index (χ4v) is 4.70. The molecular weight excluding hydrogens is 421 g/mol. The van der Waals surface area contributed by atoms with Crippen LogP contribution in [0.15, 0.2) is 18.2 Å². The second-order valence-electron chi connectivity index (χ2n) is 6.78. The van der Waals surface area contributed by atoms with Crippen molar-refractivity contribution in [3.63, 3.8) is 0 Å². The number of thiophene rings is 1. The molecule has 0 spiro atoms. The summed E-state index contributed by atoms with van der Waals surface area (Å²) in [4.78, 5) is 38.7. The predicted octanol–water partition coefficient (Wildman–Crippen LogP) is 4.04. The largest absolute Gasteiger partial charge is 0.466 e. The number of amides is 1. The van der Waals surface area contributed by atoms with Crippen LogP contribution in [0.3, 0.4) is 0 Å². The van der Waals surface area contributed by atoms with Crippen LogP contribution in [0.5, 0.6) is 0 Å². The van der Waals surface area contributed by atoms with Gasteiger partial charge in [-0.2, -0.15) is 0 Å². The lowest BCUT2D eigenvalue weighted by Gasteiger charge is -2.32. The van der Waals surface area contributed by atoms with E-state index in [4.69, 9.17) is 21.1 Å². The smallest absolute Gasteiger partial charge is 0.350 e. The molecular formula is C20H21ClFNO5S. The minimum atomic E-state index is -1.00. The third-order valence-corrected chi connectivity index (χ3v) is 6.47. The van der Waals surface area contributed by atoms with E-state index in [1.165, 1.54) is 25.1 Å². The average molecular weight is 442 g/mol. The van der Waals surface area contributed by atoms with E-state index in [-0.39, 0.29) is 27.7 Å². The second kappa shape index (κ2) is 9.09. The van der Waals surface area contributed by atoms with E-state index in [0.29, 0.717) is 42.6 Å². The van der Waals surface area contributed by atoms with E-state index < -0.39 is 17.9 Å². The third-order valence-electron chi connectivity index (χ3n) is 4.84. The standard InChI is InChI=1S/C20H21ClFNO5S/c1-3-27-19(25)12-6-8-23(9-7-12)18(24)11(2)28-20(26)17-16(21)14-5-4-13(22)10-15(14)29-17/h4-5,10-12H,3,6-9H2,1-2H3/t11-/m0/s1. The van der Waals surface area contributed by atoms with Crippen LogP contribution in [-0.4, -0.2) is 48.5 Å². The van der Waals surface area contributed by atoms with Crippen molar-refractivity contribution in [1.29, 1.82) is 0 Å². The van der Waals surface area contributed by atoms with Gasteiger partial charge in [-0.15, -0.1) is 11.3 Å². The van der Waals surface area contributed by atoms with Crippen molar-refractivity contribution in [2.24, 2.45) is 5.92 Å². The molecule has 6 nitrogen and oxygen atoms in total. The first-order valence-electron chi connectivity index (χ1n) is 9.35. The Labute approximate surface area is 176 Å². The lowest BCUT2D eigenvalue weighted by molar-refractivity contribution is -0.152. The Morgan fingerprint density at radius 1 is 1.31 bits per heavy atom. The van der Waals surface area contributed by atoms with Gasteiger partial charge in [0.2, 0.25) is 0 Å². The topological polar surface area (TPSA) is 72.9 Å². The van der Waals surface area contributed by atoms with Crippen molar-refractivity contribution in [3.05, 3.63) is 33.9 Å². The monoisotopic (exact) mass is 441 g/mol. The van der Waals surface area contributed by atoms with Gasteiger partial charge in [-0.25, -0.2) is 9.18 Å². The molecule has 1 saturated heterocycles. The third kappa shape index (κ3) is 4.70. The number of ether oxygens (including phenoxy) is 2. The summed E-state index contributed by atoms with van der Waals surface area (Å²) in [5, 5.41) is 0.745. The highest BCUT2D eigenvalue weighted by Crippen LogP contribution is 2.36. The first kappa shape index (κ1) is 21.5. The number of carbonyl (C=O) groups excluding carboxylic acids is 3. The number of piperidine rings is 1. The number of nitrogens with zero attached hydrogens (tertiary/aromatic N) is 1. The van der Waals surface area contributed by atoms with E-state index >= 15 is 0 Å². The van der Waals surface area contributed by atoms with Gasteiger partial charge in [-0.05, 0) is 44.9 Å². The molecule has 1 aliphatic heterocycles. The van der Waals surface area contributed by atoms with E-state index in [2.05, 4.69) is 0 Å². The van der Waals surface area contributed by atoms with Gasteiger partial charge in [-0.3, -0.25) is 9.59 Å². The zero-order valence-corrected chi connectivity index (χ0v) is 17.6. The van der Waals surface area contributed by atoms with E-state index in [0.717, 1.165) is 11.3 Å². The molecule has 0 aliphatic carbocycles. The van der Waals surface area contributed by atoms with Crippen LogP contribution < -0.4 is 0 Å². The number of likely N-dealkylation sites (tertiary alicyclic amines) is 1. The molecule has 2 heterocycles. The molecule has 1 aromatic heterocycles. The Balaban J connectivity index is 1.61. The number of esters is 2. The molecule has 0 unspecified atom stereocenters. The summed E-state index contributed by atoms with van der Waals surface area (Å²) in [6.45, 7) is 4.38. The summed E-state index contributed by atoms with van der Waals surface area (Å²) in [7, 11) is 0. The first-order chi connectivity index (χ1) is 13.8. The van der Waals surface area contributed by atoms with Crippen molar-refractivity contribution >= 4 is 50.9 Å². The summed E-state index contributed by atoms with van der Waals surface area (Å²) in [5.41, 5.74) is 0. The van der Waals surface area contributed by atoms with Gasteiger partial charge in [0.15, 0.2) is 6.10 Å². The molecule has 1 fully saturated rings. The SMILES string of the molecule is CCOC(=O)C1CCN(C(=O)[C@H](C)OC(=O)c2sc3cc(F)ccc3c2Cl)CC1. The first-order valence-corrected chi connectivity index (χ1v) is 10.5. The van der Waals surface area contributed by atoms with Crippen molar-refractivity contribution < 1.29 is 28.2 Å². The van der Waals surface area contributed by atoms with Crippen LogP contribution in [-0.2, 0) is 19.1 Å². The van der Waals surface area contributed by atoms with Gasteiger partial charge in [0.05, 0.1) is 17.5 Å². The molecule has 2 aromatic rings. The van der Waals surface area contributed by atoms with Gasteiger partial charge in [-0.1, -0.05) is 11.6 Å². The molecule has 0 saturated carbocycles. The highest BCUT2D eigenvalue weighted by Gasteiger charge is 2.32. The summed E-state index contributed by atoms with van der Waals surface area (Å²) in [6.07, 6.45) is 0.0254. The van der Waals surface area contributed by atoms with Gasteiger partial charge in [0.25, 0.3) is 5.91 Å². The van der Waals surface area contributed by atoms with Crippen LogP contribution in [0.1, 0.15) is 36.4 Å². The van der Waals surface area contributed by atoms with Crippen molar-refractivity contribution in [2.75, 3.05) is 19.7 Å². The number of carbonyl (C=O) groups is 3. The maximum Gasteiger partial charge on any atom is 0.350 e. The van der Waals surface area contributed by atoms with Gasteiger partial charge < -0.3 is 14.4 Å². The molecule has 3 rings (SSSR count). The molecule has 1 amide bonds. The van der Waals surface area contributed by atoms with Crippen LogP contribution in [0, 0.1) is 11.7 Å². The second-order valence-corrected chi connectivity index (χ2v) is 8.21. The number of benzene rings is 1. The lowest BCUT2D eigenvalue weighted by atomic mass is 9.97. The molecule has 9 heteroatoms. The minimum Gasteiger partial charge on any atom is -0.466 e. The molecule has 0 bridgehead atoms. The number of fused-ring (bicyclic) bond motifs is 1. The highest BCUT2D eigenvalue weighted by atomic mass is 35.5. The maximum absolute atomic E-state index is 13.4. The van der Waals surface area contributed by atoms with E-state index in [9.17, 15) is 18.8 Å². The van der Waals surface area contributed by atoms with Crippen LogP contribution in [0.4, 0.5) is 4.39 Å². The maximum atomic E-state index is 13.4. The van der Waals surface area contributed by atoms with Crippen LogP contribution >= 0.6 is 22.9 Å². The highest BCUT2D eigenvalue weighted by molar-refractivity contribution is 7.21. The molecule has 1 atom stereocenters. The molecule has 29 heavy (non-hydrogen) atoms. The zero-order chi connectivity index (χ0) is 21.1. The Morgan fingerprint density at radius 2 is 2.00 bits per heavy atom. The summed E-state index contributed by atoms with van der Waals surface area (Å²) >= 11 is 7.26. The summed E-state index contributed by atoms with van der Waals surface area (Å²) in [6, 6.07) is 4.07. The van der Waals surface area contributed by atoms with Gasteiger partial charge in [0, 0.05) is 23.2 Å². The fourth-order valence-electron chi connectivity index (χ4n) is 3.29. The Hall–Kier alpha value is -2.19. The lowest BCUT2D eigenvalue weighted by Crippen LogP contribution is -2.45. The average Bonchev–Trinajstić information content (AvgIpc) is 3.03. The number of hydrogen-bond donors (Lipinski definition) is 0. The van der Waals surface area contributed by atoms with Crippen LogP contribution in [0.2, 0.25) is 5.02 Å². The van der Waals surface area contributed by atoms with Gasteiger partial charge in [0.1, 0.15) is 10.7 Å². The number of hydrogen-bond acceptors (Lipinski definition) is 6. The Bertz CT molecular complexity index is 938. The summed E-state index contributed by atoms with van der Waals surface area (Å²) < 4.78 is 24.3. The van der Waals surface area contributed by atoms with Crippen molar-refractivity contribution in [2.45, 2.75) is 32.8 Å². The quantitative estimate of drug-likeness (QED) is 0.655. The van der Waals surface area contributed by atoms with Crippen LogP contribution in [0.25, 0.3) is 10.1 Å². The number of rotatable bonds is 5. The minimum absolute atomic E-state index is 0.132. The van der Waals surface area contributed by atoms with Crippen molar-refractivity contribution in [3.8, 4) is 0 Å². The molecule has 0 N–H and O–H groups in total. The molecule has 156 valence electrons. The number of halogens is 2. The van der Waals surface area contributed by atoms with E-state index in [1.807, 2.05) is 0 Å². The van der Waals surface area contributed by atoms with Crippen molar-refractivity contribution in [1.82, 2.24) is 4.90 Å². The zero-order valence-electron chi connectivity index (χ0n) is 16.1. The van der Waals surface area contributed by atoms with E-state index in [1.54, 1.807) is 11.8 Å². The molecule has 1 aromatic carbocycles.